The van der Waals surface area contributed by atoms with Crippen molar-refractivity contribution in [1.82, 2.24) is 20.0 Å². The Labute approximate surface area is 129 Å². The molecule has 0 radical (unpaired) electrons. The van der Waals surface area contributed by atoms with Crippen molar-refractivity contribution in [2.75, 3.05) is 34.3 Å². The molecule has 21 heavy (non-hydrogen) atoms. The summed E-state index contributed by atoms with van der Waals surface area (Å²) in [6.07, 6.45) is 4.14. The van der Waals surface area contributed by atoms with Gasteiger partial charge in [-0.3, -0.25) is 4.68 Å². The highest BCUT2D eigenvalue weighted by Gasteiger charge is 2.21. The van der Waals surface area contributed by atoms with E-state index < -0.39 is 0 Å². The van der Waals surface area contributed by atoms with E-state index >= 15 is 0 Å². The number of nitrogens with one attached hydrogen (secondary N) is 1. The fourth-order valence-corrected chi connectivity index (χ4v) is 2.44. The third kappa shape index (κ3) is 5.67. The highest BCUT2D eigenvalue weighted by Crippen LogP contribution is 2.29. The number of hydrogen-bond acceptors (Lipinski definition) is 4. The van der Waals surface area contributed by atoms with Crippen molar-refractivity contribution in [2.24, 2.45) is 5.92 Å². The van der Waals surface area contributed by atoms with Gasteiger partial charge in [-0.2, -0.15) is 5.10 Å². The smallest absolute Gasteiger partial charge is 0.161 e. The molecule has 0 aromatic carbocycles. The predicted molar refractivity (Wildman–Crippen MR) is 87.8 cm³/mol. The maximum Gasteiger partial charge on any atom is 0.161 e. The molecule has 0 amide bonds. The molecule has 1 N–H and O–H groups in total. The van der Waals surface area contributed by atoms with Crippen LogP contribution in [0.4, 0.5) is 0 Å². The topological polar surface area (TPSA) is 42.3 Å². The molecule has 1 atom stereocenters. The van der Waals surface area contributed by atoms with E-state index in [9.17, 15) is 0 Å². The second kappa shape index (κ2) is 9.05. The van der Waals surface area contributed by atoms with E-state index in [1.54, 1.807) is 7.11 Å². The summed E-state index contributed by atoms with van der Waals surface area (Å²) in [7, 11) is 5.89. The summed E-state index contributed by atoms with van der Waals surface area (Å²) in [6.45, 7) is 9.49. The van der Waals surface area contributed by atoms with Gasteiger partial charge in [-0.1, -0.05) is 20.8 Å². The predicted octanol–water partition coefficient (Wildman–Crippen LogP) is 2.54. The van der Waals surface area contributed by atoms with Crippen molar-refractivity contribution in [3.05, 3.63) is 11.9 Å². The van der Waals surface area contributed by atoms with Gasteiger partial charge in [0.2, 0.25) is 0 Å². The summed E-state index contributed by atoms with van der Waals surface area (Å²) in [5, 5.41) is 8.10. The van der Waals surface area contributed by atoms with E-state index in [1.165, 1.54) is 12.1 Å². The molecule has 0 saturated heterocycles. The molecular formula is C16H32N4O. The zero-order chi connectivity index (χ0) is 15.8. The first-order valence-electron chi connectivity index (χ1n) is 7.97. The van der Waals surface area contributed by atoms with Crippen LogP contribution in [0, 0.1) is 5.92 Å². The molecule has 0 aliphatic rings. The third-order valence-corrected chi connectivity index (χ3v) is 3.64. The lowest BCUT2D eigenvalue weighted by atomic mass is 10.0. The lowest BCUT2D eigenvalue weighted by Gasteiger charge is -2.22. The van der Waals surface area contributed by atoms with E-state index in [2.05, 4.69) is 54.9 Å². The second-order valence-corrected chi connectivity index (χ2v) is 6.21. The Balaban J connectivity index is 2.93. The van der Waals surface area contributed by atoms with Gasteiger partial charge in [0.1, 0.15) is 0 Å². The highest BCUT2D eigenvalue weighted by atomic mass is 16.5. The normalized spacial score (nSPS) is 13.1. The number of rotatable bonds is 10. The standard InChI is InChI=1S/C16H32N4O/c1-7-17-14(9-8-13(2)3)16-15(21-6)12-18-20(16)11-10-19(4)5/h12-14,17H,7-11H2,1-6H3. The quantitative estimate of drug-likeness (QED) is 0.720. The lowest BCUT2D eigenvalue weighted by molar-refractivity contribution is 0.346. The van der Waals surface area contributed by atoms with E-state index in [-0.39, 0.29) is 0 Å². The first kappa shape index (κ1) is 18.0. The van der Waals surface area contributed by atoms with Crippen LogP contribution in [0.1, 0.15) is 45.3 Å². The van der Waals surface area contributed by atoms with Crippen LogP contribution in [0.3, 0.4) is 0 Å². The van der Waals surface area contributed by atoms with E-state index in [4.69, 9.17) is 4.74 Å². The van der Waals surface area contributed by atoms with Gasteiger partial charge in [0.15, 0.2) is 5.75 Å². The molecule has 5 heteroatoms. The summed E-state index contributed by atoms with van der Waals surface area (Å²) in [4.78, 5) is 2.17. The van der Waals surface area contributed by atoms with E-state index in [0.29, 0.717) is 12.0 Å². The Morgan fingerprint density at radius 1 is 1.33 bits per heavy atom. The second-order valence-electron chi connectivity index (χ2n) is 6.21. The summed E-state index contributed by atoms with van der Waals surface area (Å²) in [5.74, 6) is 1.60. The molecule has 1 aromatic rings. The first-order chi connectivity index (χ1) is 9.99. The molecule has 0 saturated carbocycles. The van der Waals surface area contributed by atoms with Crippen LogP contribution < -0.4 is 10.1 Å². The Hall–Kier alpha value is -1.07. The molecule has 0 bridgehead atoms. The number of aromatic nitrogens is 2. The summed E-state index contributed by atoms with van der Waals surface area (Å²) < 4.78 is 7.62. The summed E-state index contributed by atoms with van der Waals surface area (Å²) >= 11 is 0. The lowest BCUT2D eigenvalue weighted by Crippen LogP contribution is -2.27. The minimum atomic E-state index is 0.303. The molecule has 1 aromatic heterocycles. The molecule has 0 spiro atoms. The molecule has 0 fully saturated rings. The van der Waals surface area contributed by atoms with Crippen LogP contribution in [0.5, 0.6) is 5.75 Å². The van der Waals surface area contributed by atoms with E-state index in [0.717, 1.165) is 31.8 Å². The number of methoxy groups -OCH3 is 1. The van der Waals surface area contributed by atoms with Crippen molar-refractivity contribution >= 4 is 0 Å². The zero-order valence-electron chi connectivity index (χ0n) is 14.5. The fourth-order valence-electron chi connectivity index (χ4n) is 2.44. The molecule has 1 heterocycles. The minimum absolute atomic E-state index is 0.303. The van der Waals surface area contributed by atoms with Crippen LogP contribution in [0.15, 0.2) is 6.20 Å². The maximum atomic E-state index is 5.53. The molecule has 0 aliphatic heterocycles. The van der Waals surface area contributed by atoms with Crippen LogP contribution >= 0.6 is 0 Å². The average molecular weight is 296 g/mol. The Kier molecular flexibility index (Phi) is 7.75. The number of nitrogens with zero attached hydrogens (tertiary/aromatic N) is 3. The molecule has 1 rings (SSSR count). The fraction of sp³-hybridized carbons (Fsp3) is 0.812. The number of ether oxygens (including phenoxy) is 1. The van der Waals surface area contributed by atoms with Gasteiger partial charge >= 0.3 is 0 Å². The molecular weight excluding hydrogens is 264 g/mol. The SMILES string of the molecule is CCNC(CCC(C)C)c1c(OC)cnn1CCN(C)C. The van der Waals surface area contributed by atoms with Crippen molar-refractivity contribution in [3.8, 4) is 5.75 Å². The number of hydrogen-bond donors (Lipinski definition) is 1. The highest BCUT2D eigenvalue weighted by molar-refractivity contribution is 5.28. The average Bonchev–Trinajstić information content (AvgIpc) is 2.83. The van der Waals surface area contributed by atoms with Gasteiger partial charge in [0, 0.05) is 6.54 Å². The van der Waals surface area contributed by atoms with Crippen molar-refractivity contribution in [3.63, 3.8) is 0 Å². The third-order valence-electron chi connectivity index (χ3n) is 3.64. The molecule has 1 unspecified atom stereocenters. The van der Waals surface area contributed by atoms with Crippen LogP contribution in [0.25, 0.3) is 0 Å². The maximum absolute atomic E-state index is 5.53. The number of likely N-dealkylation sites (N-methyl/N-ethyl adjacent to an activating group) is 1. The van der Waals surface area contributed by atoms with Gasteiger partial charge in [-0.15, -0.1) is 0 Å². The van der Waals surface area contributed by atoms with Crippen LogP contribution in [0.2, 0.25) is 0 Å². The monoisotopic (exact) mass is 296 g/mol. The van der Waals surface area contributed by atoms with Gasteiger partial charge in [0.05, 0.1) is 31.6 Å². The van der Waals surface area contributed by atoms with Gasteiger partial charge in [0.25, 0.3) is 0 Å². The molecule has 0 aliphatic carbocycles. The first-order valence-corrected chi connectivity index (χ1v) is 7.97. The van der Waals surface area contributed by atoms with Gasteiger partial charge < -0.3 is 15.0 Å². The Morgan fingerprint density at radius 2 is 2.05 bits per heavy atom. The van der Waals surface area contributed by atoms with Crippen LogP contribution in [-0.2, 0) is 6.54 Å². The Bertz CT molecular complexity index is 401. The van der Waals surface area contributed by atoms with E-state index in [1.807, 2.05) is 6.20 Å². The van der Waals surface area contributed by atoms with Gasteiger partial charge in [-0.25, -0.2) is 0 Å². The molecule has 122 valence electrons. The summed E-state index contributed by atoms with van der Waals surface area (Å²) in [5.41, 5.74) is 1.18. The van der Waals surface area contributed by atoms with Crippen molar-refractivity contribution < 1.29 is 4.74 Å². The van der Waals surface area contributed by atoms with Gasteiger partial charge in [-0.05, 0) is 39.4 Å². The largest absolute Gasteiger partial charge is 0.493 e. The van der Waals surface area contributed by atoms with Crippen molar-refractivity contribution in [2.45, 2.75) is 46.2 Å². The van der Waals surface area contributed by atoms with Crippen LogP contribution in [-0.4, -0.2) is 49.0 Å². The zero-order valence-corrected chi connectivity index (χ0v) is 14.5. The Morgan fingerprint density at radius 3 is 2.57 bits per heavy atom. The summed E-state index contributed by atoms with van der Waals surface area (Å²) in [6, 6.07) is 0.303. The molecule has 5 nitrogen and oxygen atoms in total. The minimum Gasteiger partial charge on any atom is -0.493 e. The van der Waals surface area contributed by atoms with Crippen molar-refractivity contribution in [1.29, 1.82) is 0 Å².